The molecule has 2 N–H and O–H groups in total. The molecule has 0 atom stereocenters. The van der Waals surface area contributed by atoms with Gasteiger partial charge in [-0.3, -0.25) is 14.9 Å². The van der Waals surface area contributed by atoms with Gasteiger partial charge in [-0.05, 0) is 24.8 Å². The maximum atomic E-state index is 12.0. The zero-order valence-electron chi connectivity index (χ0n) is 10.1. The van der Waals surface area contributed by atoms with Crippen molar-refractivity contribution < 1.29 is 9.72 Å². The number of rotatable bonds is 5. The Morgan fingerprint density at radius 2 is 2.22 bits per heavy atom. The number of nitrogens with zero attached hydrogens (tertiary/aromatic N) is 1. The summed E-state index contributed by atoms with van der Waals surface area (Å²) in [5.74, 6) is 0.306. The van der Waals surface area contributed by atoms with Crippen molar-refractivity contribution in [3.63, 3.8) is 0 Å². The molecule has 0 radical (unpaired) electrons. The minimum absolute atomic E-state index is 0.0865. The monoisotopic (exact) mass is 249 g/mol. The van der Waals surface area contributed by atoms with Gasteiger partial charge in [-0.15, -0.1) is 0 Å². The van der Waals surface area contributed by atoms with Gasteiger partial charge in [0.2, 0.25) is 0 Å². The summed E-state index contributed by atoms with van der Waals surface area (Å²) in [5.41, 5.74) is 0.486. The fraction of sp³-hybridized carbons (Fsp3) is 0.417. The molecular weight excluding hydrogens is 234 g/mol. The van der Waals surface area contributed by atoms with Crippen LogP contribution >= 0.6 is 0 Å². The number of benzene rings is 1. The Hall–Kier alpha value is -2.11. The van der Waals surface area contributed by atoms with Crippen molar-refractivity contribution in [2.45, 2.75) is 12.8 Å². The van der Waals surface area contributed by atoms with Crippen molar-refractivity contribution in [1.82, 2.24) is 5.32 Å². The third kappa shape index (κ3) is 2.58. The largest absolute Gasteiger partial charge is 0.382 e. The Morgan fingerprint density at radius 1 is 1.50 bits per heavy atom. The first-order chi connectivity index (χ1) is 8.63. The number of para-hydroxylation sites is 1. The van der Waals surface area contributed by atoms with Crippen LogP contribution in [0.1, 0.15) is 23.2 Å². The van der Waals surface area contributed by atoms with Gasteiger partial charge in [0.25, 0.3) is 11.6 Å². The lowest BCUT2D eigenvalue weighted by atomic mass is 10.1. The molecule has 0 aromatic heterocycles. The Labute approximate surface area is 105 Å². The first kappa shape index (κ1) is 12.3. The Balaban J connectivity index is 2.21. The van der Waals surface area contributed by atoms with Gasteiger partial charge >= 0.3 is 0 Å². The van der Waals surface area contributed by atoms with Crippen LogP contribution in [0, 0.1) is 16.0 Å². The molecular formula is C12H15N3O3. The molecule has 1 aliphatic carbocycles. The number of nitro groups is 1. The third-order valence-corrected chi connectivity index (χ3v) is 2.98. The van der Waals surface area contributed by atoms with Crippen LogP contribution in [0.25, 0.3) is 0 Å². The highest BCUT2D eigenvalue weighted by molar-refractivity contribution is 6.01. The van der Waals surface area contributed by atoms with Crippen molar-refractivity contribution in [1.29, 1.82) is 0 Å². The molecule has 1 aromatic carbocycles. The minimum atomic E-state index is -0.497. The number of amides is 1. The summed E-state index contributed by atoms with van der Waals surface area (Å²) >= 11 is 0. The van der Waals surface area contributed by atoms with E-state index in [0.29, 0.717) is 18.0 Å². The van der Waals surface area contributed by atoms with E-state index in [1.54, 1.807) is 13.1 Å². The normalized spacial score (nSPS) is 14.1. The van der Waals surface area contributed by atoms with E-state index < -0.39 is 4.92 Å². The maximum absolute atomic E-state index is 12.0. The summed E-state index contributed by atoms with van der Waals surface area (Å²) in [5, 5.41) is 16.4. The molecule has 0 heterocycles. The number of carbonyl (C=O) groups is 1. The van der Waals surface area contributed by atoms with Crippen LogP contribution in [0.5, 0.6) is 0 Å². The standard InChI is InChI=1S/C12H15N3O3/c1-13-11-9(3-2-4-10(11)15(17)18)12(16)14-7-8-5-6-8/h2-4,8,13H,5-7H2,1H3,(H,14,16). The summed E-state index contributed by atoms with van der Waals surface area (Å²) in [6.45, 7) is 0.644. The number of nitrogens with one attached hydrogen (secondary N) is 2. The average Bonchev–Trinajstić information content (AvgIpc) is 3.18. The van der Waals surface area contributed by atoms with E-state index in [1.165, 1.54) is 12.1 Å². The topological polar surface area (TPSA) is 84.3 Å². The molecule has 1 amide bonds. The highest BCUT2D eigenvalue weighted by Crippen LogP contribution is 2.29. The SMILES string of the molecule is CNc1c(C(=O)NCC2CC2)cccc1[N+](=O)[O-]. The molecule has 96 valence electrons. The maximum Gasteiger partial charge on any atom is 0.293 e. The fourth-order valence-corrected chi connectivity index (χ4v) is 1.80. The molecule has 0 aliphatic heterocycles. The van der Waals surface area contributed by atoms with Crippen molar-refractivity contribution in [2.24, 2.45) is 5.92 Å². The molecule has 1 aromatic rings. The summed E-state index contributed by atoms with van der Waals surface area (Å²) in [6, 6.07) is 4.48. The number of carbonyl (C=O) groups excluding carboxylic acids is 1. The zero-order valence-corrected chi connectivity index (χ0v) is 10.1. The zero-order chi connectivity index (χ0) is 13.1. The molecule has 6 nitrogen and oxygen atoms in total. The molecule has 2 rings (SSSR count). The van der Waals surface area contributed by atoms with E-state index in [-0.39, 0.29) is 17.3 Å². The van der Waals surface area contributed by atoms with Gasteiger partial charge in [0, 0.05) is 19.7 Å². The molecule has 1 aliphatic rings. The van der Waals surface area contributed by atoms with Crippen molar-refractivity contribution in [3.05, 3.63) is 33.9 Å². The molecule has 18 heavy (non-hydrogen) atoms. The second kappa shape index (κ2) is 5.03. The Bertz CT molecular complexity index is 483. The van der Waals surface area contributed by atoms with Crippen LogP contribution in [0.4, 0.5) is 11.4 Å². The number of anilines is 1. The quantitative estimate of drug-likeness (QED) is 0.615. The number of nitro benzene ring substituents is 1. The molecule has 0 spiro atoms. The van der Waals surface area contributed by atoms with Crippen molar-refractivity contribution >= 4 is 17.3 Å². The Morgan fingerprint density at radius 3 is 2.78 bits per heavy atom. The van der Waals surface area contributed by atoms with E-state index in [0.717, 1.165) is 12.8 Å². The highest BCUT2D eigenvalue weighted by atomic mass is 16.6. The van der Waals surface area contributed by atoms with E-state index in [4.69, 9.17) is 0 Å². The van der Waals surface area contributed by atoms with E-state index >= 15 is 0 Å². The second-order valence-electron chi connectivity index (χ2n) is 4.36. The minimum Gasteiger partial charge on any atom is -0.382 e. The lowest BCUT2D eigenvalue weighted by Gasteiger charge is -2.09. The molecule has 1 saturated carbocycles. The predicted molar refractivity (Wildman–Crippen MR) is 67.7 cm³/mol. The van der Waals surface area contributed by atoms with Crippen molar-refractivity contribution in [3.8, 4) is 0 Å². The summed E-state index contributed by atoms with van der Waals surface area (Å²) in [7, 11) is 1.57. The summed E-state index contributed by atoms with van der Waals surface area (Å²) < 4.78 is 0. The highest BCUT2D eigenvalue weighted by Gasteiger charge is 2.24. The van der Waals surface area contributed by atoms with Crippen LogP contribution < -0.4 is 10.6 Å². The fourth-order valence-electron chi connectivity index (χ4n) is 1.80. The van der Waals surface area contributed by atoms with Gasteiger partial charge in [-0.1, -0.05) is 6.07 Å². The van der Waals surface area contributed by atoms with Crippen LogP contribution in [-0.4, -0.2) is 24.4 Å². The van der Waals surface area contributed by atoms with Crippen molar-refractivity contribution in [2.75, 3.05) is 18.9 Å². The van der Waals surface area contributed by atoms with E-state index in [9.17, 15) is 14.9 Å². The number of hydrogen-bond acceptors (Lipinski definition) is 4. The summed E-state index contributed by atoms with van der Waals surface area (Å²) in [6.07, 6.45) is 2.29. The molecule has 0 bridgehead atoms. The van der Waals surface area contributed by atoms with Gasteiger partial charge in [-0.25, -0.2) is 0 Å². The average molecular weight is 249 g/mol. The van der Waals surface area contributed by atoms with Gasteiger partial charge in [0.1, 0.15) is 5.69 Å². The Kier molecular flexibility index (Phi) is 3.45. The van der Waals surface area contributed by atoms with Gasteiger partial charge in [0.15, 0.2) is 0 Å². The van der Waals surface area contributed by atoms with Crippen LogP contribution in [-0.2, 0) is 0 Å². The first-order valence-electron chi connectivity index (χ1n) is 5.87. The van der Waals surface area contributed by atoms with Crippen LogP contribution in [0.15, 0.2) is 18.2 Å². The van der Waals surface area contributed by atoms with Crippen LogP contribution in [0.3, 0.4) is 0 Å². The molecule has 6 heteroatoms. The number of hydrogen-bond donors (Lipinski definition) is 2. The lowest BCUT2D eigenvalue weighted by Crippen LogP contribution is -2.26. The first-order valence-corrected chi connectivity index (χ1v) is 5.87. The lowest BCUT2D eigenvalue weighted by molar-refractivity contribution is -0.384. The van der Waals surface area contributed by atoms with E-state index in [2.05, 4.69) is 10.6 Å². The van der Waals surface area contributed by atoms with Gasteiger partial charge in [0.05, 0.1) is 10.5 Å². The molecule has 1 fully saturated rings. The van der Waals surface area contributed by atoms with Gasteiger partial charge in [-0.2, -0.15) is 0 Å². The molecule has 0 saturated heterocycles. The van der Waals surface area contributed by atoms with Crippen LogP contribution in [0.2, 0.25) is 0 Å². The molecule has 0 unspecified atom stereocenters. The smallest absolute Gasteiger partial charge is 0.293 e. The predicted octanol–water partition coefficient (Wildman–Crippen LogP) is 1.78. The third-order valence-electron chi connectivity index (χ3n) is 2.98. The van der Waals surface area contributed by atoms with Gasteiger partial charge < -0.3 is 10.6 Å². The van der Waals surface area contributed by atoms with E-state index in [1.807, 2.05) is 0 Å². The summed E-state index contributed by atoms with van der Waals surface area (Å²) in [4.78, 5) is 22.3. The second-order valence-corrected chi connectivity index (χ2v) is 4.36.